The number of aromatic amines is 1. The maximum atomic E-state index is 13.6. The van der Waals surface area contributed by atoms with Crippen molar-refractivity contribution in [2.45, 2.75) is 33.1 Å². The van der Waals surface area contributed by atoms with Crippen LogP contribution >= 0.6 is 0 Å². The third-order valence-corrected chi connectivity index (χ3v) is 4.91. The van der Waals surface area contributed by atoms with E-state index in [1.165, 1.54) is 12.1 Å². The second kappa shape index (κ2) is 6.40. The third kappa shape index (κ3) is 3.00. The molecule has 0 spiro atoms. The fourth-order valence-electron chi connectivity index (χ4n) is 3.42. The van der Waals surface area contributed by atoms with E-state index in [1.807, 2.05) is 13.8 Å². The minimum Gasteiger partial charge on any atom is -0.334 e. The van der Waals surface area contributed by atoms with Crippen LogP contribution in [-0.2, 0) is 5.41 Å². The van der Waals surface area contributed by atoms with Gasteiger partial charge in [0.05, 0.1) is 17.5 Å². The standard InChI is InChI=1S/C20H20FN5O2/c1-11-7-13(5-6-16(11)21)19(27)26-9-14(18-23-12(2)25-28-18)17-15(8-22-24-17)20(3,4)10-26/h5-9H,10H2,1-4H3,(H,22,24). The zero-order valence-corrected chi connectivity index (χ0v) is 16.1. The first-order chi connectivity index (χ1) is 13.3. The lowest BCUT2D eigenvalue weighted by Crippen LogP contribution is -2.36. The summed E-state index contributed by atoms with van der Waals surface area (Å²) in [6.07, 6.45) is 3.45. The van der Waals surface area contributed by atoms with E-state index in [0.29, 0.717) is 35.0 Å². The Bertz CT molecular complexity index is 1100. The van der Waals surface area contributed by atoms with E-state index in [0.717, 1.165) is 11.3 Å². The summed E-state index contributed by atoms with van der Waals surface area (Å²) in [6.45, 7) is 7.84. The molecule has 0 radical (unpaired) electrons. The number of carbonyl (C=O) groups is 1. The second-order valence-corrected chi connectivity index (χ2v) is 7.63. The predicted molar refractivity (Wildman–Crippen MR) is 99.9 cm³/mol. The van der Waals surface area contributed by atoms with E-state index in [1.54, 1.807) is 37.2 Å². The number of rotatable bonds is 2. The van der Waals surface area contributed by atoms with Crippen molar-refractivity contribution < 1.29 is 13.7 Å². The van der Waals surface area contributed by atoms with Crippen LogP contribution in [0.2, 0.25) is 0 Å². The van der Waals surface area contributed by atoms with E-state index in [-0.39, 0.29) is 17.1 Å². The van der Waals surface area contributed by atoms with E-state index in [9.17, 15) is 9.18 Å². The van der Waals surface area contributed by atoms with Crippen molar-refractivity contribution in [3.8, 4) is 0 Å². The third-order valence-electron chi connectivity index (χ3n) is 4.91. The zero-order chi connectivity index (χ0) is 20.1. The number of benzene rings is 1. The molecule has 0 atom stereocenters. The molecule has 0 saturated heterocycles. The minimum atomic E-state index is -0.389. The number of amides is 1. The van der Waals surface area contributed by atoms with Gasteiger partial charge in [-0.25, -0.2) is 4.39 Å². The van der Waals surface area contributed by atoms with Gasteiger partial charge in [-0.2, -0.15) is 10.1 Å². The van der Waals surface area contributed by atoms with E-state index < -0.39 is 0 Å². The molecular formula is C20H20FN5O2. The number of nitrogens with zero attached hydrogens (tertiary/aromatic N) is 4. The van der Waals surface area contributed by atoms with Gasteiger partial charge in [-0.3, -0.25) is 9.89 Å². The number of fused-ring (bicyclic) bond motifs is 1. The Kier molecular flexibility index (Phi) is 4.14. The number of aromatic nitrogens is 4. The molecule has 1 N–H and O–H groups in total. The van der Waals surface area contributed by atoms with Crippen LogP contribution in [0.1, 0.15) is 52.7 Å². The maximum Gasteiger partial charge on any atom is 0.261 e. The monoisotopic (exact) mass is 381 g/mol. The number of hydrogen-bond donors (Lipinski definition) is 1. The summed E-state index contributed by atoms with van der Waals surface area (Å²) in [6, 6.07) is 4.36. The largest absolute Gasteiger partial charge is 0.334 e. The summed E-state index contributed by atoms with van der Waals surface area (Å²) in [5, 5.41) is 11.0. The highest BCUT2D eigenvalue weighted by Gasteiger charge is 2.35. The van der Waals surface area contributed by atoms with Crippen molar-refractivity contribution in [3.63, 3.8) is 0 Å². The van der Waals surface area contributed by atoms with Crippen molar-refractivity contribution in [2.24, 2.45) is 0 Å². The minimum absolute atomic E-state index is 0.233. The van der Waals surface area contributed by atoms with Gasteiger partial charge in [-0.15, -0.1) is 0 Å². The van der Waals surface area contributed by atoms with Crippen LogP contribution in [-0.4, -0.2) is 37.7 Å². The van der Waals surface area contributed by atoms with Crippen LogP contribution in [0.5, 0.6) is 0 Å². The molecule has 3 heterocycles. The summed E-state index contributed by atoms with van der Waals surface area (Å²) >= 11 is 0. The number of halogens is 1. The Balaban J connectivity index is 1.84. The van der Waals surface area contributed by atoms with Crippen LogP contribution in [0.3, 0.4) is 0 Å². The zero-order valence-electron chi connectivity index (χ0n) is 16.1. The molecular weight excluding hydrogens is 361 g/mol. The molecule has 1 aliphatic rings. The Morgan fingerprint density at radius 2 is 2.11 bits per heavy atom. The molecule has 1 aliphatic heterocycles. The number of carbonyl (C=O) groups excluding carboxylic acids is 1. The fourth-order valence-corrected chi connectivity index (χ4v) is 3.42. The summed E-state index contributed by atoms with van der Waals surface area (Å²) in [7, 11) is 0. The van der Waals surface area contributed by atoms with E-state index in [2.05, 4.69) is 20.3 Å². The normalized spacial score (nSPS) is 15.8. The predicted octanol–water partition coefficient (Wildman–Crippen LogP) is 3.37. The van der Waals surface area contributed by atoms with Gasteiger partial charge < -0.3 is 9.42 Å². The highest BCUT2D eigenvalue weighted by atomic mass is 19.1. The van der Waals surface area contributed by atoms with Gasteiger partial charge in [0.25, 0.3) is 11.8 Å². The molecule has 7 nitrogen and oxygen atoms in total. The highest BCUT2D eigenvalue weighted by Crippen LogP contribution is 2.36. The molecule has 144 valence electrons. The van der Waals surface area contributed by atoms with Crippen molar-refractivity contribution in [3.05, 3.63) is 70.5 Å². The molecule has 1 amide bonds. The van der Waals surface area contributed by atoms with Crippen LogP contribution in [0.15, 0.2) is 35.1 Å². The SMILES string of the molecule is Cc1noc(C2=CN(C(=O)c3ccc(F)c(C)c3)CC(C)(C)c3cn[nH]c32)n1. The first-order valence-corrected chi connectivity index (χ1v) is 8.90. The number of hydrogen-bond acceptors (Lipinski definition) is 5. The maximum absolute atomic E-state index is 13.6. The molecule has 0 aliphatic carbocycles. The lowest BCUT2D eigenvalue weighted by atomic mass is 9.84. The summed E-state index contributed by atoms with van der Waals surface area (Å²) in [5.74, 6) is 0.218. The summed E-state index contributed by atoms with van der Waals surface area (Å²) in [4.78, 5) is 19.1. The highest BCUT2D eigenvalue weighted by molar-refractivity contribution is 5.96. The van der Waals surface area contributed by atoms with Gasteiger partial charge in [-0.1, -0.05) is 19.0 Å². The smallest absolute Gasteiger partial charge is 0.261 e. The average Bonchev–Trinajstić information content (AvgIpc) is 3.28. The first-order valence-electron chi connectivity index (χ1n) is 8.90. The molecule has 2 aromatic heterocycles. The molecule has 28 heavy (non-hydrogen) atoms. The van der Waals surface area contributed by atoms with Gasteiger partial charge in [0.2, 0.25) is 0 Å². The van der Waals surface area contributed by atoms with Crippen LogP contribution in [0.4, 0.5) is 4.39 Å². The van der Waals surface area contributed by atoms with Gasteiger partial charge in [0.1, 0.15) is 5.82 Å². The number of H-pyrrole nitrogens is 1. The van der Waals surface area contributed by atoms with Crippen molar-refractivity contribution in [1.82, 2.24) is 25.2 Å². The first kappa shape index (κ1) is 18.1. The Labute approximate surface area is 161 Å². The Hall–Kier alpha value is -3.29. The van der Waals surface area contributed by atoms with Gasteiger partial charge in [-0.05, 0) is 37.6 Å². The van der Waals surface area contributed by atoms with Gasteiger partial charge >= 0.3 is 0 Å². The Morgan fingerprint density at radius 1 is 1.32 bits per heavy atom. The van der Waals surface area contributed by atoms with Crippen molar-refractivity contribution in [1.29, 1.82) is 0 Å². The topological polar surface area (TPSA) is 87.9 Å². The van der Waals surface area contributed by atoms with Crippen LogP contribution < -0.4 is 0 Å². The molecule has 0 fully saturated rings. The molecule has 0 bridgehead atoms. The summed E-state index contributed by atoms with van der Waals surface area (Å²) in [5.41, 5.74) is 2.72. The average molecular weight is 381 g/mol. The summed E-state index contributed by atoms with van der Waals surface area (Å²) < 4.78 is 19.0. The Morgan fingerprint density at radius 3 is 2.79 bits per heavy atom. The van der Waals surface area contributed by atoms with Crippen molar-refractivity contribution >= 4 is 11.5 Å². The van der Waals surface area contributed by atoms with Gasteiger partial charge in [0.15, 0.2) is 5.82 Å². The van der Waals surface area contributed by atoms with Crippen molar-refractivity contribution in [2.75, 3.05) is 6.54 Å². The lowest BCUT2D eigenvalue weighted by molar-refractivity contribution is 0.0800. The van der Waals surface area contributed by atoms with E-state index >= 15 is 0 Å². The number of nitrogens with one attached hydrogen (secondary N) is 1. The molecule has 8 heteroatoms. The molecule has 3 aromatic rings. The fraction of sp³-hybridized carbons (Fsp3) is 0.300. The molecule has 1 aromatic carbocycles. The number of aryl methyl sites for hydroxylation is 2. The van der Waals surface area contributed by atoms with Crippen LogP contribution in [0, 0.1) is 19.7 Å². The van der Waals surface area contributed by atoms with Gasteiger partial charge in [0, 0.05) is 29.3 Å². The molecule has 0 unspecified atom stereocenters. The molecule has 4 rings (SSSR count). The molecule has 0 saturated carbocycles. The second-order valence-electron chi connectivity index (χ2n) is 7.63. The quantitative estimate of drug-likeness (QED) is 0.735. The lowest BCUT2D eigenvalue weighted by Gasteiger charge is -2.28. The van der Waals surface area contributed by atoms with Crippen LogP contribution in [0.25, 0.3) is 5.57 Å². The van der Waals surface area contributed by atoms with E-state index in [4.69, 9.17) is 4.52 Å².